The van der Waals surface area contributed by atoms with Crippen LogP contribution in [0.25, 0.3) is 122 Å². The van der Waals surface area contributed by atoms with Gasteiger partial charge < -0.3 is 9.13 Å². The lowest BCUT2D eigenvalue weighted by Crippen LogP contribution is -2.01. The Kier molecular flexibility index (Phi) is 8.11. The number of rotatable bonds is 6. The Hall–Kier alpha value is -8.74. The van der Waals surface area contributed by atoms with Gasteiger partial charge in [-0.1, -0.05) is 170 Å². The Bertz CT molecular complexity index is 3890. The van der Waals surface area contributed by atoms with Crippen LogP contribution in [0.4, 0.5) is 0 Å². The first kappa shape index (κ1) is 36.0. The summed E-state index contributed by atoms with van der Waals surface area (Å²) in [7, 11) is 0. The fourth-order valence-electron chi connectivity index (χ4n) is 9.67. The molecule has 6 nitrogen and oxygen atoms in total. The van der Waals surface area contributed by atoms with Gasteiger partial charge in [-0.25, -0.2) is 19.9 Å². The number of benzene rings is 9. The zero-order chi connectivity index (χ0) is 42.1. The van der Waals surface area contributed by atoms with E-state index in [0.717, 1.165) is 88.5 Å². The van der Waals surface area contributed by atoms with E-state index in [1.165, 1.54) is 16.2 Å². The predicted molar refractivity (Wildman–Crippen MR) is 263 cm³/mol. The van der Waals surface area contributed by atoms with Crippen LogP contribution >= 0.6 is 0 Å². The van der Waals surface area contributed by atoms with Crippen LogP contribution in [-0.2, 0) is 0 Å². The van der Waals surface area contributed by atoms with Crippen molar-refractivity contribution in [2.75, 3.05) is 0 Å². The number of aromatic nitrogens is 6. The second-order valence-corrected chi connectivity index (χ2v) is 16.2. The SMILES string of the molecule is c1ccc(-c2nc(-c3cccc(-n4c5ccccc5c5ccccc54)c3)nc(-c3ccc4c5ccc6c(-c7ccccc7)nc7ccccc7c6c5n(-c5ccccc5)c4c3)n2)cc1. The standard InChI is InChI=1S/C58H36N6/c1-4-17-37(18-5-1)54-48-34-33-46-45-32-31-40(36-52(45)64(41-22-8-3-9-23-41)55(46)53(48)47-27-10-13-28-49(47)59-54)58-61-56(38-19-6-2-7-20-38)60-57(62-58)39-21-16-24-42(35-39)63-50-29-14-11-25-43(50)44-26-12-15-30-51(44)63/h1-36H. The highest BCUT2D eigenvalue weighted by Gasteiger charge is 2.22. The molecule has 4 aromatic heterocycles. The molecule has 0 N–H and O–H groups in total. The fourth-order valence-corrected chi connectivity index (χ4v) is 9.67. The lowest BCUT2D eigenvalue weighted by Gasteiger charge is -2.14. The molecule has 0 unspecified atom stereocenters. The molecule has 0 atom stereocenters. The maximum absolute atomic E-state index is 5.30. The molecule has 0 fully saturated rings. The smallest absolute Gasteiger partial charge is 0.164 e. The van der Waals surface area contributed by atoms with Crippen molar-refractivity contribution in [3.8, 4) is 56.8 Å². The number of hydrogen-bond donors (Lipinski definition) is 0. The van der Waals surface area contributed by atoms with Crippen molar-refractivity contribution >= 4 is 65.3 Å². The maximum atomic E-state index is 5.30. The maximum Gasteiger partial charge on any atom is 0.164 e. The highest BCUT2D eigenvalue weighted by atomic mass is 15.0. The molecule has 13 aromatic rings. The molecule has 0 radical (unpaired) electrons. The summed E-state index contributed by atoms with van der Waals surface area (Å²) in [4.78, 5) is 20.9. The van der Waals surface area contributed by atoms with Gasteiger partial charge in [0.2, 0.25) is 0 Å². The highest BCUT2D eigenvalue weighted by molar-refractivity contribution is 6.27. The van der Waals surface area contributed by atoms with Crippen molar-refractivity contribution in [1.29, 1.82) is 0 Å². The van der Waals surface area contributed by atoms with Gasteiger partial charge in [-0.2, -0.15) is 0 Å². The Balaban J connectivity index is 1.06. The quantitative estimate of drug-likeness (QED) is 0.157. The third-order valence-electron chi connectivity index (χ3n) is 12.5. The number of para-hydroxylation sites is 4. The number of hydrogen-bond acceptors (Lipinski definition) is 4. The van der Waals surface area contributed by atoms with Crippen LogP contribution in [0.15, 0.2) is 218 Å². The second-order valence-electron chi connectivity index (χ2n) is 16.2. The fraction of sp³-hybridized carbons (Fsp3) is 0. The predicted octanol–water partition coefficient (Wildman–Crippen LogP) is 14.4. The summed E-state index contributed by atoms with van der Waals surface area (Å²) in [6, 6.07) is 76.7. The molecular weight excluding hydrogens is 781 g/mol. The lowest BCUT2D eigenvalue weighted by molar-refractivity contribution is 1.07. The lowest BCUT2D eigenvalue weighted by atomic mass is 9.97. The molecule has 298 valence electrons. The zero-order valence-corrected chi connectivity index (χ0v) is 34.5. The molecule has 0 saturated carbocycles. The van der Waals surface area contributed by atoms with Crippen LogP contribution in [0.5, 0.6) is 0 Å². The van der Waals surface area contributed by atoms with Crippen LogP contribution in [0.1, 0.15) is 0 Å². The van der Waals surface area contributed by atoms with E-state index in [-0.39, 0.29) is 0 Å². The molecule has 0 bridgehead atoms. The van der Waals surface area contributed by atoms with Gasteiger partial charge in [0.15, 0.2) is 17.5 Å². The molecule has 0 spiro atoms. The van der Waals surface area contributed by atoms with Crippen LogP contribution in [0.2, 0.25) is 0 Å². The highest BCUT2D eigenvalue weighted by Crippen LogP contribution is 2.43. The number of pyridine rings is 1. The minimum atomic E-state index is 0.601. The summed E-state index contributed by atoms with van der Waals surface area (Å²) in [6.45, 7) is 0. The van der Waals surface area contributed by atoms with Crippen molar-refractivity contribution in [1.82, 2.24) is 29.1 Å². The number of fused-ring (bicyclic) bond motifs is 10. The Morgan fingerprint density at radius 2 is 0.781 bits per heavy atom. The van der Waals surface area contributed by atoms with Gasteiger partial charge >= 0.3 is 0 Å². The summed E-state index contributed by atoms with van der Waals surface area (Å²) in [5.41, 5.74) is 12.3. The monoisotopic (exact) mass is 816 g/mol. The molecule has 9 aromatic carbocycles. The molecule has 0 aliphatic rings. The normalized spacial score (nSPS) is 11.8. The van der Waals surface area contributed by atoms with Crippen LogP contribution in [-0.4, -0.2) is 29.1 Å². The number of nitrogens with zero attached hydrogens (tertiary/aromatic N) is 6. The van der Waals surface area contributed by atoms with Gasteiger partial charge in [0.25, 0.3) is 0 Å². The zero-order valence-electron chi connectivity index (χ0n) is 34.5. The van der Waals surface area contributed by atoms with Crippen molar-refractivity contribution in [3.63, 3.8) is 0 Å². The summed E-state index contributed by atoms with van der Waals surface area (Å²) in [5, 5.41) is 8.13. The molecule has 64 heavy (non-hydrogen) atoms. The Morgan fingerprint density at radius 1 is 0.281 bits per heavy atom. The molecule has 6 heteroatoms. The Labute approximate surface area is 368 Å². The van der Waals surface area contributed by atoms with E-state index in [0.29, 0.717) is 17.5 Å². The molecular formula is C58H36N6. The summed E-state index contributed by atoms with van der Waals surface area (Å²) in [6.07, 6.45) is 0. The summed E-state index contributed by atoms with van der Waals surface area (Å²) in [5.74, 6) is 1.82. The average molecular weight is 817 g/mol. The van der Waals surface area contributed by atoms with E-state index < -0.39 is 0 Å². The van der Waals surface area contributed by atoms with Crippen molar-refractivity contribution < 1.29 is 0 Å². The average Bonchev–Trinajstić information content (AvgIpc) is 3.89. The van der Waals surface area contributed by atoms with E-state index in [2.05, 4.69) is 209 Å². The van der Waals surface area contributed by atoms with Crippen LogP contribution in [0, 0.1) is 0 Å². The van der Waals surface area contributed by atoms with Crippen molar-refractivity contribution in [3.05, 3.63) is 218 Å². The first-order valence-electron chi connectivity index (χ1n) is 21.6. The summed E-state index contributed by atoms with van der Waals surface area (Å²) >= 11 is 0. The van der Waals surface area contributed by atoms with E-state index in [1.54, 1.807) is 0 Å². The third kappa shape index (κ3) is 5.66. The minimum absolute atomic E-state index is 0.601. The second kappa shape index (κ2) is 14.4. The molecule has 0 amide bonds. The molecule has 4 heterocycles. The minimum Gasteiger partial charge on any atom is -0.309 e. The molecule has 0 aliphatic carbocycles. The van der Waals surface area contributed by atoms with E-state index in [9.17, 15) is 0 Å². The topological polar surface area (TPSA) is 61.4 Å². The van der Waals surface area contributed by atoms with E-state index in [4.69, 9.17) is 19.9 Å². The van der Waals surface area contributed by atoms with Crippen molar-refractivity contribution in [2.45, 2.75) is 0 Å². The van der Waals surface area contributed by atoms with Crippen LogP contribution in [0.3, 0.4) is 0 Å². The van der Waals surface area contributed by atoms with Gasteiger partial charge in [0.05, 0.1) is 33.3 Å². The van der Waals surface area contributed by atoms with Crippen LogP contribution < -0.4 is 0 Å². The van der Waals surface area contributed by atoms with Crippen molar-refractivity contribution in [2.24, 2.45) is 0 Å². The van der Waals surface area contributed by atoms with E-state index in [1.807, 2.05) is 18.2 Å². The first-order valence-corrected chi connectivity index (χ1v) is 21.6. The van der Waals surface area contributed by atoms with Gasteiger partial charge in [0, 0.05) is 71.3 Å². The molecule has 13 rings (SSSR count). The van der Waals surface area contributed by atoms with Gasteiger partial charge in [0.1, 0.15) is 0 Å². The van der Waals surface area contributed by atoms with E-state index >= 15 is 0 Å². The van der Waals surface area contributed by atoms with Gasteiger partial charge in [-0.15, -0.1) is 0 Å². The molecule has 0 saturated heterocycles. The first-order chi connectivity index (χ1) is 31.7. The largest absolute Gasteiger partial charge is 0.309 e. The molecule has 0 aliphatic heterocycles. The Morgan fingerprint density at radius 3 is 1.48 bits per heavy atom. The summed E-state index contributed by atoms with van der Waals surface area (Å²) < 4.78 is 4.74. The third-order valence-corrected chi connectivity index (χ3v) is 12.5. The van der Waals surface area contributed by atoms with Gasteiger partial charge in [-0.3, -0.25) is 0 Å². The van der Waals surface area contributed by atoms with Gasteiger partial charge in [-0.05, 0) is 48.5 Å².